The molecule has 7 nitrogen and oxygen atoms in total. The van der Waals surface area contributed by atoms with E-state index in [9.17, 15) is 19.2 Å². The van der Waals surface area contributed by atoms with Gasteiger partial charge in [-0.25, -0.2) is 4.39 Å². The summed E-state index contributed by atoms with van der Waals surface area (Å²) in [6, 6.07) is 8.89. The van der Waals surface area contributed by atoms with Gasteiger partial charge in [0.05, 0.1) is 16.6 Å². The van der Waals surface area contributed by atoms with Crippen LogP contribution in [-0.2, 0) is 10.3 Å². The van der Waals surface area contributed by atoms with E-state index in [0.29, 0.717) is 28.3 Å². The fourth-order valence-corrected chi connectivity index (χ4v) is 3.75. The van der Waals surface area contributed by atoms with Crippen molar-refractivity contribution in [3.63, 3.8) is 0 Å². The average Bonchev–Trinajstić information content (AvgIpc) is 3.47. The van der Waals surface area contributed by atoms with Crippen LogP contribution in [0, 0.1) is 23.1 Å². The summed E-state index contributed by atoms with van der Waals surface area (Å²) in [6.07, 6.45) is 5.30. The monoisotopic (exact) mass is 453 g/mol. The topological polar surface area (TPSA) is 111 Å². The Morgan fingerprint density at radius 1 is 1.38 bits per heavy atom. The van der Waals surface area contributed by atoms with Crippen LogP contribution in [0.25, 0.3) is 10.9 Å². The summed E-state index contributed by atoms with van der Waals surface area (Å²) in [5.74, 6) is -1.15. The number of benzene rings is 1. The number of hydrogen-bond acceptors (Lipinski definition) is 4. The Labute approximate surface area is 189 Å². The van der Waals surface area contributed by atoms with Gasteiger partial charge >= 0.3 is 0 Å². The molecule has 3 N–H and O–H groups in total. The Balaban J connectivity index is 1.54. The van der Waals surface area contributed by atoms with Crippen molar-refractivity contribution in [2.45, 2.75) is 37.8 Å². The lowest BCUT2D eigenvalue weighted by Gasteiger charge is -2.27. The van der Waals surface area contributed by atoms with E-state index in [1.807, 2.05) is 0 Å². The van der Waals surface area contributed by atoms with Gasteiger partial charge in [-0.15, -0.1) is 0 Å². The molecule has 1 fully saturated rings. The van der Waals surface area contributed by atoms with E-state index in [4.69, 9.17) is 11.6 Å². The number of nitrogens with zero attached hydrogens (tertiary/aromatic N) is 2. The standard InChI is InChI=1S/C23H21ClFN5O2/c1-23(12-26,15-9-16(24)11-27-10-15)30-22(32)18(7-13-5-6-13)29-21(31)19-8-14-3-2-4-17(25)20(14)28-19/h2-4,8-11,13,18,28H,5-7H2,1H3,(H,29,31)(H,30,32). The number of carbonyl (C=O) groups excluding carboxylic acids is 2. The molecule has 1 aliphatic rings. The fraction of sp³-hybridized carbons (Fsp3) is 0.304. The molecule has 2 heterocycles. The lowest BCUT2D eigenvalue weighted by Crippen LogP contribution is -2.52. The first-order valence-corrected chi connectivity index (χ1v) is 10.6. The molecule has 2 atom stereocenters. The maximum absolute atomic E-state index is 14.0. The number of halogens is 2. The molecule has 2 unspecified atom stereocenters. The van der Waals surface area contributed by atoms with E-state index in [0.717, 1.165) is 12.8 Å². The van der Waals surface area contributed by atoms with E-state index in [1.54, 1.807) is 25.1 Å². The van der Waals surface area contributed by atoms with Crippen LogP contribution in [0.1, 0.15) is 42.2 Å². The summed E-state index contributed by atoms with van der Waals surface area (Å²) in [7, 11) is 0. The summed E-state index contributed by atoms with van der Waals surface area (Å²) >= 11 is 5.99. The number of hydrogen-bond donors (Lipinski definition) is 3. The predicted octanol–water partition coefficient (Wildman–Crippen LogP) is 3.81. The molecule has 0 bridgehead atoms. The van der Waals surface area contributed by atoms with Crippen LogP contribution in [0.3, 0.4) is 0 Å². The molecule has 1 saturated carbocycles. The van der Waals surface area contributed by atoms with Crippen LogP contribution >= 0.6 is 11.6 Å². The second kappa shape index (κ2) is 8.60. The van der Waals surface area contributed by atoms with Crippen molar-refractivity contribution in [3.05, 3.63) is 64.8 Å². The zero-order valence-corrected chi connectivity index (χ0v) is 18.0. The summed E-state index contributed by atoms with van der Waals surface area (Å²) in [5.41, 5.74) is -0.568. The van der Waals surface area contributed by atoms with Crippen molar-refractivity contribution < 1.29 is 14.0 Å². The zero-order valence-electron chi connectivity index (χ0n) is 17.3. The Morgan fingerprint density at radius 2 is 2.16 bits per heavy atom. The minimum absolute atomic E-state index is 0.154. The lowest BCUT2D eigenvalue weighted by atomic mass is 9.94. The van der Waals surface area contributed by atoms with Crippen molar-refractivity contribution in [2.24, 2.45) is 5.92 Å². The Morgan fingerprint density at radius 3 is 2.81 bits per heavy atom. The Kier molecular flexibility index (Phi) is 5.85. The van der Waals surface area contributed by atoms with Gasteiger partial charge in [-0.1, -0.05) is 36.6 Å². The predicted molar refractivity (Wildman–Crippen MR) is 117 cm³/mol. The van der Waals surface area contributed by atoms with E-state index in [1.165, 1.54) is 24.5 Å². The maximum Gasteiger partial charge on any atom is 0.268 e. The van der Waals surface area contributed by atoms with Gasteiger partial charge in [0.25, 0.3) is 5.91 Å². The van der Waals surface area contributed by atoms with Crippen LogP contribution < -0.4 is 10.6 Å². The zero-order chi connectivity index (χ0) is 22.9. The third kappa shape index (κ3) is 4.58. The third-order valence-electron chi connectivity index (χ3n) is 5.62. The highest BCUT2D eigenvalue weighted by Gasteiger charge is 2.36. The molecule has 3 aromatic rings. The number of amides is 2. The molecule has 2 aromatic heterocycles. The molecule has 2 amide bonds. The number of nitrogens with one attached hydrogen (secondary N) is 3. The number of fused-ring (bicyclic) bond motifs is 1. The smallest absolute Gasteiger partial charge is 0.268 e. The number of para-hydroxylation sites is 1. The number of pyridine rings is 1. The molecule has 1 aliphatic carbocycles. The van der Waals surface area contributed by atoms with Gasteiger partial charge in [-0.05, 0) is 37.5 Å². The van der Waals surface area contributed by atoms with Gasteiger partial charge in [0.2, 0.25) is 5.91 Å². The van der Waals surface area contributed by atoms with E-state index in [-0.39, 0.29) is 11.2 Å². The summed E-state index contributed by atoms with van der Waals surface area (Å²) in [6.45, 7) is 1.55. The quantitative estimate of drug-likeness (QED) is 0.505. The number of nitriles is 1. The Hall–Kier alpha value is -3.44. The summed E-state index contributed by atoms with van der Waals surface area (Å²) in [4.78, 5) is 32.7. The van der Waals surface area contributed by atoms with Crippen LogP contribution in [0.4, 0.5) is 4.39 Å². The maximum atomic E-state index is 14.0. The number of H-pyrrole nitrogens is 1. The second-order valence-corrected chi connectivity index (χ2v) is 8.65. The third-order valence-corrected chi connectivity index (χ3v) is 5.82. The molecule has 0 aliphatic heterocycles. The molecule has 0 saturated heterocycles. The number of rotatable bonds is 7. The fourth-order valence-electron chi connectivity index (χ4n) is 3.58. The first kappa shape index (κ1) is 21.8. The van der Waals surface area contributed by atoms with Crippen LogP contribution in [0.15, 0.2) is 42.7 Å². The van der Waals surface area contributed by atoms with Gasteiger partial charge in [0.1, 0.15) is 17.6 Å². The molecule has 164 valence electrons. The minimum atomic E-state index is -1.38. The van der Waals surface area contributed by atoms with Crippen molar-refractivity contribution in [1.82, 2.24) is 20.6 Å². The minimum Gasteiger partial charge on any atom is -0.348 e. The molecule has 32 heavy (non-hydrogen) atoms. The van der Waals surface area contributed by atoms with Gasteiger partial charge < -0.3 is 15.6 Å². The van der Waals surface area contributed by atoms with Crippen LogP contribution in [0.5, 0.6) is 0 Å². The van der Waals surface area contributed by atoms with E-state index >= 15 is 0 Å². The molecule has 0 spiro atoms. The van der Waals surface area contributed by atoms with E-state index in [2.05, 4.69) is 26.7 Å². The molecule has 4 rings (SSSR count). The van der Waals surface area contributed by atoms with Crippen molar-refractivity contribution >= 4 is 34.3 Å². The van der Waals surface area contributed by atoms with Gasteiger partial charge in [0, 0.05) is 23.3 Å². The first-order valence-electron chi connectivity index (χ1n) is 10.2. The molecular formula is C23H21ClFN5O2. The van der Waals surface area contributed by atoms with Crippen LogP contribution in [-0.4, -0.2) is 27.8 Å². The van der Waals surface area contributed by atoms with Crippen LogP contribution in [0.2, 0.25) is 5.02 Å². The average molecular weight is 454 g/mol. The lowest BCUT2D eigenvalue weighted by molar-refractivity contribution is -0.124. The molecule has 9 heteroatoms. The second-order valence-electron chi connectivity index (χ2n) is 8.21. The number of aromatic amines is 1. The molecular weight excluding hydrogens is 433 g/mol. The van der Waals surface area contributed by atoms with Crippen molar-refractivity contribution in [1.29, 1.82) is 5.26 Å². The normalized spacial score (nSPS) is 16.1. The van der Waals surface area contributed by atoms with Crippen molar-refractivity contribution in [2.75, 3.05) is 0 Å². The largest absolute Gasteiger partial charge is 0.348 e. The summed E-state index contributed by atoms with van der Waals surface area (Å²) in [5, 5.41) is 16.1. The highest BCUT2D eigenvalue weighted by atomic mass is 35.5. The van der Waals surface area contributed by atoms with Gasteiger partial charge in [-0.2, -0.15) is 5.26 Å². The molecule has 1 aromatic carbocycles. The Bertz CT molecular complexity index is 1230. The number of carbonyl (C=O) groups is 2. The first-order chi connectivity index (χ1) is 15.3. The van der Waals surface area contributed by atoms with Gasteiger partial charge in [-0.3, -0.25) is 14.6 Å². The summed E-state index contributed by atoms with van der Waals surface area (Å²) < 4.78 is 14.0. The van der Waals surface area contributed by atoms with Gasteiger partial charge in [0.15, 0.2) is 5.54 Å². The SMILES string of the molecule is CC(C#N)(NC(=O)C(CC1CC1)NC(=O)c1cc2cccc(F)c2[nH]1)c1cncc(Cl)c1. The van der Waals surface area contributed by atoms with E-state index < -0.39 is 29.2 Å². The molecule has 0 radical (unpaired) electrons. The highest BCUT2D eigenvalue weighted by Crippen LogP contribution is 2.34. The highest BCUT2D eigenvalue weighted by molar-refractivity contribution is 6.30. The van der Waals surface area contributed by atoms with Crippen molar-refractivity contribution in [3.8, 4) is 6.07 Å². The number of aromatic nitrogens is 2.